The summed E-state index contributed by atoms with van der Waals surface area (Å²) in [5.41, 5.74) is 0.712. The molecule has 0 aromatic carbocycles. The van der Waals surface area contributed by atoms with E-state index in [1.54, 1.807) is 0 Å². The van der Waals surface area contributed by atoms with E-state index in [1.165, 1.54) is 0 Å². The smallest absolute Gasteiger partial charge is 0.268 e. The fraction of sp³-hybridized carbons (Fsp3) is 0.688. The van der Waals surface area contributed by atoms with Crippen LogP contribution in [0, 0.1) is 5.92 Å². The number of halogens is 1. The molecule has 0 aliphatic heterocycles. The van der Waals surface area contributed by atoms with Gasteiger partial charge in [0.25, 0.3) is 5.91 Å². The zero-order valence-corrected chi connectivity index (χ0v) is 15.6. The summed E-state index contributed by atoms with van der Waals surface area (Å²) >= 11 is 3.46. The molecule has 21 heavy (non-hydrogen) atoms. The Morgan fingerprint density at radius 2 is 1.95 bits per heavy atom. The number of nitrogens with zero attached hydrogens (tertiary/aromatic N) is 2. The zero-order chi connectivity index (χ0) is 16.2. The zero-order valence-electron chi connectivity index (χ0n) is 14.0. The first kappa shape index (κ1) is 18.2. The monoisotopic (exact) mass is 357 g/mol. The van der Waals surface area contributed by atoms with E-state index < -0.39 is 0 Å². The summed E-state index contributed by atoms with van der Waals surface area (Å²) in [6.07, 6.45) is 2.94. The molecule has 1 amide bonds. The normalized spacial score (nSPS) is 13.2. The Morgan fingerprint density at radius 1 is 1.33 bits per heavy atom. The summed E-state index contributed by atoms with van der Waals surface area (Å²) in [4.78, 5) is 14.7. The fourth-order valence-electron chi connectivity index (χ4n) is 2.50. The van der Waals surface area contributed by atoms with Gasteiger partial charge in [0, 0.05) is 29.3 Å². The maximum atomic E-state index is 12.6. The Kier molecular flexibility index (Phi) is 6.94. The molecule has 0 fully saturated rings. The van der Waals surface area contributed by atoms with Crippen LogP contribution < -0.4 is 5.32 Å². The van der Waals surface area contributed by atoms with Gasteiger partial charge >= 0.3 is 0 Å². The lowest BCUT2D eigenvalue weighted by molar-refractivity contribution is 0.0913. The lowest BCUT2D eigenvalue weighted by Crippen LogP contribution is -2.43. The van der Waals surface area contributed by atoms with Crippen molar-refractivity contribution in [1.82, 2.24) is 14.8 Å². The van der Waals surface area contributed by atoms with E-state index in [2.05, 4.69) is 53.8 Å². The highest BCUT2D eigenvalue weighted by atomic mass is 79.9. The Labute approximate surface area is 137 Å². The Balaban J connectivity index is 2.86. The molecule has 0 spiro atoms. The van der Waals surface area contributed by atoms with Gasteiger partial charge in [0.2, 0.25) is 0 Å². The Bertz CT molecular complexity index is 456. The van der Waals surface area contributed by atoms with Gasteiger partial charge in [0.1, 0.15) is 5.69 Å². The van der Waals surface area contributed by atoms with Gasteiger partial charge in [-0.05, 0) is 62.3 Å². The number of hydrogen-bond acceptors (Lipinski definition) is 2. The minimum absolute atomic E-state index is 0.00176. The second kappa shape index (κ2) is 7.99. The molecule has 0 saturated carbocycles. The summed E-state index contributed by atoms with van der Waals surface area (Å²) in [5, 5.41) is 3.18. The largest absolute Gasteiger partial charge is 0.347 e. The molecule has 5 heteroatoms. The molecule has 0 saturated heterocycles. The summed E-state index contributed by atoms with van der Waals surface area (Å²) in [6.45, 7) is 9.38. The molecule has 1 aromatic heterocycles. The third kappa shape index (κ3) is 5.83. The number of carbonyl (C=O) groups is 1. The molecule has 1 heterocycles. The minimum atomic E-state index is 0.00176. The molecule has 1 atom stereocenters. The van der Waals surface area contributed by atoms with E-state index in [-0.39, 0.29) is 18.0 Å². The van der Waals surface area contributed by atoms with Crippen molar-refractivity contribution in [2.75, 3.05) is 20.6 Å². The number of likely N-dealkylation sites (N-methyl/N-ethyl adjacent to an activating group) is 1. The third-order valence-corrected chi connectivity index (χ3v) is 3.71. The van der Waals surface area contributed by atoms with Gasteiger partial charge in [0.05, 0.1) is 0 Å². The highest BCUT2D eigenvalue weighted by Crippen LogP contribution is 2.19. The van der Waals surface area contributed by atoms with E-state index in [4.69, 9.17) is 0 Å². The van der Waals surface area contributed by atoms with Gasteiger partial charge in [-0.15, -0.1) is 0 Å². The lowest BCUT2D eigenvalue weighted by atomic mass is 10.0. The highest BCUT2D eigenvalue weighted by Gasteiger charge is 2.19. The molecular formula is C16H28BrN3O. The number of amides is 1. The molecule has 1 rings (SSSR count). The average molecular weight is 358 g/mol. The van der Waals surface area contributed by atoms with E-state index in [0.29, 0.717) is 11.6 Å². The molecule has 0 radical (unpaired) electrons. The standard InChI is InChI=1S/C16H28BrN3O/c1-11(2)7-14(10-19(5)6)18-16(21)15-8-13(17)9-20(15)12(3)4/h8-9,11-12,14H,7,10H2,1-6H3,(H,18,21). The lowest BCUT2D eigenvalue weighted by Gasteiger charge is -2.24. The average Bonchev–Trinajstić information content (AvgIpc) is 2.69. The van der Waals surface area contributed by atoms with Crippen LogP contribution in [0.5, 0.6) is 0 Å². The Morgan fingerprint density at radius 3 is 2.43 bits per heavy atom. The van der Waals surface area contributed by atoms with Crippen LogP contribution in [-0.4, -0.2) is 42.1 Å². The molecule has 0 aliphatic rings. The number of rotatable bonds is 7. The van der Waals surface area contributed by atoms with Crippen LogP contribution in [-0.2, 0) is 0 Å². The van der Waals surface area contributed by atoms with Gasteiger partial charge in [-0.2, -0.15) is 0 Å². The van der Waals surface area contributed by atoms with Gasteiger partial charge in [0.15, 0.2) is 0 Å². The maximum Gasteiger partial charge on any atom is 0.268 e. The summed E-state index contributed by atoms with van der Waals surface area (Å²) in [5.74, 6) is 0.556. The van der Waals surface area contributed by atoms with Gasteiger partial charge in [-0.1, -0.05) is 13.8 Å². The quantitative estimate of drug-likeness (QED) is 0.810. The maximum absolute atomic E-state index is 12.6. The molecule has 1 aromatic rings. The van der Waals surface area contributed by atoms with Gasteiger partial charge < -0.3 is 14.8 Å². The van der Waals surface area contributed by atoms with Gasteiger partial charge in [-0.25, -0.2) is 0 Å². The third-order valence-electron chi connectivity index (χ3n) is 3.28. The number of nitrogens with one attached hydrogen (secondary N) is 1. The van der Waals surface area contributed by atoms with Crippen molar-refractivity contribution in [3.05, 3.63) is 22.4 Å². The van der Waals surface area contributed by atoms with E-state index in [9.17, 15) is 4.79 Å². The van der Waals surface area contributed by atoms with Crippen molar-refractivity contribution >= 4 is 21.8 Å². The van der Waals surface area contributed by atoms with Crippen LogP contribution in [0.2, 0.25) is 0 Å². The van der Waals surface area contributed by atoms with Crippen LogP contribution in [0.15, 0.2) is 16.7 Å². The van der Waals surface area contributed by atoms with Crippen LogP contribution >= 0.6 is 15.9 Å². The second-order valence-corrected chi connectivity index (χ2v) is 7.52. The molecule has 1 N–H and O–H groups in total. The number of carbonyl (C=O) groups excluding carboxylic acids is 1. The highest BCUT2D eigenvalue weighted by molar-refractivity contribution is 9.10. The van der Waals surface area contributed by atoms with Crippen molar-refractivity contribution in [2.24, 2.45) is 5.92 Å². The fourth-order valence-corrected chi connectivity index (χ4v) is 2.94. The molecule has 4 nitrogen and oxygen atoms in total. The van der Waals surface area contributed by atoms with Crippen molar-refractivity contribution in [3.8, 4) is 0 Å². The minimum Gasteiger partial charge on any atom is -0.347 e. The summed E-state index contributed by atoms with van der Waals surface area (Å²) in [7, 11) is 4.07. The van der Waals surface area contributed by atoms with Crippen molar-refractivity contribution in [2.45, 2.75) is 46.2 Å². The topological polar surface area (TPSA) is 37.3 Å². The van der Waals surface area contributed by atoms with Crippen molar-refractivity contribution < 1.29 is 4.79 Å². The first-order valence-electron chi connectivity index (χ1n) is 7.53. The summed E-state index contributed by atoms with van der Waals surface area (Å²) in [6, 6.07) is 2.31. The first-order valence-corrected chi connectivity index (χ1v) is 8.33. The number of hydrogen-bond donors (Lipinski definition) is 1. The van der Waals surface area contributed by atoms with Gasteiger partial charge in [-0.3, -0.25) is 4.79 Å². The van der Waals surface area contributed by atoms with Crippen LogP contribution in [0.25, 0.3) is 0 Å². The predicted molar refractivity (Wildman–Crippen MR) is 91.8 cm³/mol. The van der Waals surface area contributed by atoms with E-state index in [1.807, 2.05) is 30.9 Å². The molecule has 0 aliphatic carbocycles. The SMILES string of the molecule is CC(C)CC(CN(C)C)NC(=O)c1cc(Br)cn1C(C)C. The second-order valence-electron chi connectivity index (χ2n) is 6.61. The van der Waals surface area contributed by atoms with Crippen LogP contribution in [0.3, 0.4) is 0 Å². The van der Waals surface area contributed by atoms with E-state index >= 15 is 0 Å². The Hall–Kier alpha value is -0.810. The van der Waals surface area contributed by atoms with Crippen LogP contribution in [0.4, 0.5) is 0 Å². The molecule has 120 valence electrons. The van der Waals surface area contributed by atoms with Crippen molar-refractivity contribution in [1.29, 1.82) is 0 Å². The molecular weight excluding hydrogens is 330 g/mol. The van der Waals surface area contributed by atoms with Crippen LogP contribution in [0.1, 0.15) is 50.6 Å². The molecule has 0 bridgehead atoms. The summed E-state index contributed by atoms with van der Waals surface area (Å²) < 4.78 is 2.94. The number of aromatic nitrogens is 1. The predicted octanol–water partition coefficient (Wildman–Crippen LogP) is 3.54. The van der Waals surface area contributed by atoms with E-state index in [0.717, 1.165) is 17.4 Å². The molecule has 1 unspecified atom stereocenters. The van der Waals surface area contributed by atoms with Crippen molar-refractivity contribution in [3.63, 3.8) is 0 Å². The first-order chi connectivity index (χ1) is 9.70.